The van der Waals surface area contributed by atoms with Gasteiger partial charge in [-0.25, -0.2) is 0 Å². The molecule has 1 aliphatic rings. The molecule has 1 aliphatic heterocycles. The molecule has 2 nitrogen and oxygen atoms in total. The van der Waals surface area contributed by atoms with E-state index in [-0.39, 0.29) is 9.77 Å². The molecule has 1 fully saturated rings. The predicted molar refractivity (Wildman–Crippen MR) is 265 cm³/mol. The van der Waals surface area contributed by atoms with Crippen LogP contribution in [0.2, 0.25) is 12.1 Å². The van der Waals surface area contributed by atoms with Crippen molar-refractivity contribution in [3.05, 3.63) is 204 Å². The van der Waals surface area contributed by atoms with Crippen molar-refractivity contribution >= 4 is 50.2 Å². The fraction of sp³-hybridized carbons (Fsp3) is 0.123. The molecule has 63 heavy (non-hydrogen) atoms. The van der Waals surface area contributed by atoms with Gasteiger partial charge in [-0.3, -0.25) is 0 Å². The van der Waals surface area contributed by atoms with E-state index in [0.717, 1.165) is 57.4 Å². The van der Waals surface area contributed by atoms with Gasteiger partial charge in [0.05, 0.1) is 11.5 Å². The minimum atomic E-state index is -0.294. The van der Waals surface area contributed by atoms with Crippen molar-refractivity contribution in [3.63, 3.8) is 0 Å². The average Bonchev–Trinajstić information content (AvgIpc) is 4.13. The van der Waals surface area contributed by atoms with Crippen LogP contribution in [0.25, 0.3) is 89.1 Å². The molecule has 0 N–H and O–H groups in total. The van der Waals surface area contributed by atoms with Crippen molar-refractivity contribution in [1.29, 1.82) is 0 Å². The van der Waals surface area contributed by atoms with E-state index >= 15 is 0 Å². The third kappa shape index (κ3) is 9.38. The Hall–Kier alpha value is -5.22. The molecule has 0 atom stereocenters. The summed E-state index contributed by atoms with van der Waals surface area (Å²) in [5, 5.41) is 5.08. The third-order valence-electron chi connectivity index (χ3n) is 12.0. The second-order valence-corrected chi connectivity index (χ2v) is 25.3. The fourth-order valence-electron chi connectivity index (χ4n) is 8.52. The molecule has 10 aromatic rings. The standard InChI is InChI=1S/2C27H21O.C3H4Cl2Si.Zr/c2*1-18-15-22-16-23(26-14-13-25(28-26)20-9-5-3-6-10-20)17-24(22)27(19(18)2)21-11-7-4-8-12-21;4-3(5)1-6-2-3;/h2*3-17H,1-2H3;1-2H2;/q2*-1;;+2. The molecule has 0 amide bonds. The van der Waals surface area contributed by atoms with E-state index in [1.807, 2.05) is 36.4 Å². The molecule has 0 bridgehead atoms. The molecule has 1 saturated heterocycles. The molecule has 8 aromatic carbocycles. The molecule has 308 valence electrons. The van der Waals surface area contributed by atoms with Gasteiger partial charge < -0.3 is 8.83 Å². The second kappa shape index (κ2) is 18.5. The Bertz CT molecular complexity index is 2980. The maximum atomic E-state index is 6.19. The number of fused-ring (bicyclic) bond motifs is 2. The summed E-state index contributed by atoms with van der Waals surface area (Å²) in [6.07, 6.45) is 0. The summed E-state index contributed by atoms with van der Waals surface area (Å²) in [6, 6.07) is 65.8. The Morgan fingerprint density at radius 2 is 0.794 bits per heavy atom. The number of alkyl halides is 2. The molecule has 0 spiro atoms. The third-order valence-corrected chi connectivity index (χ3v) is 18.1. The zero-order valence-corrected chi connectivity index (χ0v) is 40.8. The van der Waals surface area contributed by atoms with Crippen LogP contribution in [0.5, 0.6) is 0 Å². The Labute approximate surface area is 395 Å². The Balaban J connectivity index is 0.000000139. The van der Waals surface area contributed by atoms with E-state index in [2.05, 4.69) is 173 Å². The van der Waals surface area contributed by atoms with Gasteiger partial charge in [-0.2, -0.15) is 0 Å². The number of hydrogen-bond donors (Lipinski definition) is 0. The van der Waals surface area contributed by atoms with Gasteiger partial charge in [0.2, 0.25) is 0 Å². The molecule has 0 radical (unpaired) electrons. The molecule has 0 unspecified atom stereocenters. The summed E-state index contributed by atoms with van der Waals surface area (Å²) in [5.41, 5.74) is 14.9. The minimum absolute atomic E-state index is 0.0262. The molecule has 6 heteroatoms. The first-order valence-electron chi connectivity index (χ1n) is 21.3. The van der Waals surface area contributed by atoms with Crippen LogP contribution in [0, 0.1) is 27.7 Å². The predicted octanol–water partition coefficient (Wildman–Crippen LogP) is 17.3. The zero-order chi connectivity index (χ0) is 43.7. The van der Waals surface area contributed by atoms with Crippen molar-refractivity contribution in [2.45, 2.75) is 44.1 Å². The average molecular weight is 953 g/mol. The SMILES string of the molecule is Cc1cc2[cH-]c(-c3ccc(-c4ccccc4)o3)cc2c(-c2ccccc2)c1C.Cc1cc2[cH-]c(-c3ccc(-c4ccccc4)o3)cc2c(-c2ccccc2)c1C.ClC1(Cl)C[Si](=[Zr+2])C1. The Morgan fingerprint density at radius 1 is 0.460 bits per heavy atom. The Kier molecular flexibility index (Phi) is 12.6. The van der Waals surface area contributed by atoms with Crippen LogP contribution in [-0.4, -0.2) is 9.77 Å². The first kappa shape index (κ1) is 43.1. The van der Waals surface area contributed by atoms with Crippen molar-refractivity contribution in [2.24, 2.45) is 0 Å². The number of rotatable bonds is 6. The Morgan fingerprint density at radius 3 is 1.11 bits per heavy atom. The van der Waals surface area contributed by atoms with Crippen LogP contribution in [0.15, 0.2) is 191 Å². The number of benzene rings is 6. The molecule has 11 rings (SSSR count). The van der Waals surface area contributed by atoms with E-state index in [1.54, 1.807) is 23.3 Å². The van der Waals surface area contributed by atoms with Crippen molar-refractivity contribution in [3.8, 4) is 67.5 Å². The summed E-state index contributed by atoms with van der Waals surface area (Å²) in [5.74, 6) is 3.61. The zero-order valence-electron chi connectivity index (χ0n) is 35.8. The van der Waals surface area contributed by atoms with Gasteiger partial charge in [0.1, 0.15) is 11.5 Å². The molecular formula is C57H46Cl2O2SiZr. The van der Waals surface area contributed by atoms with E-state index in [4.69, 9.17) is 32.0 Å². The van der Waals surface area contributed by atoms with Gasteiger partial charge in [-0.1, -0.05) is 155 Å². The number of aryl methyl sites for hydroxylation is 2. The first-order valence-corrected chi connectivity index (χ1v) is 27.6. The van der Waals surface area contributed by atoms with Crippen molar-refractivity contribution in [1.82, 2.24) is 0 Å². The van der Waals surface area contributed by atoms with Gasteiger partial charge in [0.25, 0.3) is 0 Å². The summed E-state index contributed by atoms with van der Waals surface area (Å²) in [7, 11) is 0. The number of furan rings is 2. The van der Waals surface area contributed by atoms with Crippen LogP contribution >= 0.6 is 23.2 Å². The monoisotopic (exact) mass is 950 g/mol. The quantitative estimate of drug-likeness (QED) is 0.0943. The van der Waals surface area contributed by atoms with E-state index < -0.39 is 0 Å². The molecular weight excluding hydrogens is 907 g/mol. The number of hydrogen-bond acceptors (Lipinski definition) is 2. The molecule has 2 aromatic heterocycles. The van der Waals surface area contributed by atoms with E-state index in [1.165, 1.54) is 66.1 Å². The van der Waals surface area contributed by atoms with Gasteiger partial charge >= 0.3 is 68.4 Å². The molecule has 0 saturated carbocycles. The van der Waals surface area contributed by atoms with Crippen LogP contribution in [0.3, 0.4) is 0 Å². The summed E-state index contributed by atoms with van der Waals surface area (Å²) in [4.78, 5) is 0. The topological polar surface area (TPSA) is 26.3 Å². The van der Waals surface area contributed by atoms with E-state index in [9.17, 15) is 0 Å². The van der Waals surface area contributed by atoms with Gasteiger partial charge in [0, 0.05) is 11.1 Å². The van der Waals surface area contributed by atoms with Crippen LogP contribution in [0.4, 0.5) is 0 Å². The van der Waals surface area contributed by atoms with Gasteiger partial charge in [-0.05, 0) is 74.2 Å². The van der Waals surface area contributed by atoms with Gasteiger partial charge in [0.15, 0.2) is 0 Å². The molecule has 3 heterocycles. The van der Waals surface area contributed by atoms with E-state index in [0.29, 0.717) is 0 Å². The normalized spacial score (nSPS) is 13.0. The summed E-state index contributed by atoms with van der Waals surface area (Å²) in [6.45, 7) is 8.80. The summed E-state index contributed by atoms with van der Waals surface area (Å²) < 4.78 is 12.1. The molecule has 0 aliphatic carbocycles. The van der Waals surface area contributed by atoms with Gasteiger partial charge in [-0.15, -0.1) is 57.9 Å². The maximum absolute atomic E-state index is 6.19. The number of halogens is 2. The summed E-state index contributed by atoms with van der Waals surface area (Å²) >= 11 is 13.1. The van der Waals surface area contributed by atoms with Crippen molar-refractivity contribution < 1.29 is 32.2 Å². The fourth-order valence-corrected chi connectivity index (χ4v) is 19.4. The van der Waals surface area contributed by atoms with Crippen LogP contribution in [0.1, 0.15) is 22.3 Å². The first-order chi connectivity index (χ1) is 30.5. The van der Waals surface area contributed by atoms with Crippen LogP contribution < -0.4 is 0 Å². The van der Waals surface area contributed by atoms with Crippen LogP contribution in [-0.2, 0) is 23.3 Å². The van der Waals surface area contributed by atoms with Crippen molar-refractivity contribution in [2.75, 3.05) is 0 Å². The second-order valence-electron chi connectivity index (χ2n) is 16.5.